The second-order valence-corrected chi connectivity index (χ2v) is 6.23. The van der Waals surface area contributed by atoms with Crippen molar-refractivity contribution in [3.05, 3.63) is 78.1 Å². The topological polar surface area (TPSA) is 33.5 Å². The van der Waals surface area contributed by atoms with Crippen molar-refractivity contribution in [1.82, 2.24) is 4.90 Å². The van der Waals surface area contributed by atoms with Crippen molar-refractivity contribution in [2.45, 2.75) is 19.1 Å². The number of rotatable bonds is 4. The molecule has 0 saturated carbocycles. The molecule has 3 aromatic rings. The maximum Gasteiger partial charge on any atom is 0.417 e. The fourth-order valence-corrected chi connectivity index (χ4v) is 2.76. The van der Waals surface area contributed by atoms with E-state index in [9.17, 15) is 18.0 Å². The number of benzene rings is 2. The molecule has 0 spiro atoms. The first kappa shape index (κ1) is 18.8. The molecular weight excluding hydrogens is 355 g/mol. The van der Waals surface area contributed by atoms with Crippen LogP contribution in [0.4, 0.5) is 13.2 Å². The first-order chi connectivity index (χ1) is 12.8. The predicted octanol–water partition coefficient (Wildman–Crippen LogP) is 5.60. The van der Waals surface area contributed by atoms with Gasteiger partial charge in [0.2, 0.25) is 5.91 Å². The molecule has 3 rings (SSSR count). The van der Waals surface area contributed by atoms with E-state index in [1.807, 2.05) is 18.2 Å². The summed E-state index contributed by atoms with van der Waals surface area (Å²) < 4.78 is 46.0. The number of hydrogen-bond acceptors (Lipinski definition) is 2. The SMILES string of the molecule is CC(c1cc2ccccc2o1)N(C)C(=O)/C=C(/c1ccccc1)C(F)(F)F. The molecule has 27 heavy (non-hydrogen) atoms. The fourth-order valence-electron chi connectivity index (χ4n) is 2.76. The number of fused-ring (bicyclic) bond motifs is 1. The van der Waals surface area contributed by atoms with E-state index < -0.39 is 23.7 Å². The lowest BCUT2D eigenvalue weighted by Crippen LogP contribution is -2.29. The second kappa shape index (κ2) is 7.31. The minimum atomic E-state index is -4.64. The molecule has 140 valence electrons. The molecule has 1 amide bonds. The van der Waals surface area contributed by atoms with Gasteiger partial charge in [0.05, 0.1) is 11.6 Å². The number of alkyl halides is 3. The monoisotopic (exact) mass is 373 g/mol. The molecule has 0 saturated heterocycles. The van der Waals surface area contributed by atoms with Crippen molar-refractivity contribution >= 4 is 22.4 Å². The quantitative estimate of drug-likeness (QED) is 0.558. The van der Waals surface area contributed by atoms with E-state index >= 15 is 0 Å². The van der Waals surface area contributed by atoms with Crippen LogP contribution < -0.4 is 0 Å². The summed E-state index contributed by atoms with van der Waals surface area (Å²) in [6, 6.07) is 15.9. The molecule has 1 atom stereocenters. The lowest BCUT2D eigenvalue weighted by molar-refractivity contribution is -0.127. The van der Waals surface area contributed by atoms with Crippen LogP contribution in [0.15, 0.2) is 71.2 Å². The third-order valence-electron chi connectivity index (χ3n) is 4.44. The largest absolute Gasteiger partial charge is 0.459 e. The number of carbonyl (C=O) groups is 1. The standard InChI is InChI=1S/C21H18F3NO2/c1-14(19-12-16-10-6-7-11-18(16)27-19)25(2)20(26)13-17(21(22,23)24)15-8-4-3-5-9-15/h3-14H,1-2H3/b17-13-. The second-order valence-electron chi connectivity index (χ2n) is 6.23. The zero-order valence-electron chi connectivity index (χ0n) is 14.8. The van der Waals surface area contributed by atoms with Crippen LogP contribution in [0.25, 0.3) is 16.5 Å². The Bertz CT molecular complexity index is 941. The number of furan rings is 1. The molecule has 0 aliphatic carbocycles. The summed E-state index contributed by atoms with van der Waals surface area (Å²) in [6.07, 6.45) is -4.01. The molecule has 2 aromatic carbocycles. The highest BCUT2D eigenvalue weighted by Gasteiger charge is 2.36. The summed E-state index contributed by atoms with van der Waals surface area (Å²) in [7, 11) is 1.45. The molecule has 1 aromatic heterocycles. The van der Waals surface area contributed by atoms with E-state index in [0.717, 1.165) is 5.39 Å². The molecule has 0 aliphatic rings. The van der Waals surface area contributed by atoms with Gasteiger partial charge in [-0.05, 0) is 24.6 Å². The van der Waals surface area contributed by atoms with Gasteiger partial charge < -0.3 is 9.32 Å². The Balaban J connectivity index is 1.89. The summed E-state index contributed by atoms with van der Waals surface area (Å²) in [6.45, 7) is 1.71. The third kappa shape index (κ3) is 4.05. The van der Waals surface area contributed by atoms with Gasteiger partial charge in [-0.25, -0.2) is 0 Å². The number of amides is 1. The normalized spacial score (nSPS) is 13.6. The van der Waals surface area contributed by atoms with Crippen molar-refractivity contribution in [2.75, 3.05) is 7.05 Å². The number of carbonyl (C=O) groups excluding carboxylic acids is 1. The van der Waals surface area contributed by atoms with Gasteiger partial charge in [0.1, 0.15) is 11.3 Å². The predicted molar refractivity (Wildman–Crippen MR) is 97.9 cm³/mol. The Kier molecular flexibility index (Phi) is 5.08. The van der Waals surface area contributed by atoms with Gasteiger partial charge in [0.25, 0.3) is 0 Å². The summed E-state index contributed by atoms with van der Waals surface area (Å²) >= 11 is 0. The van der Waals surface area contributed by atoms with Gasteiger partial charge in [-0.15, -0.1) is 0 Å². The van der Waals surface area contributed by atoms with Crippen LogP contribution >= 0.6 is 0 Å². The van der Waals surface area contributed by atoms with Crippen LogP contribution in [0.1, 0.15) is 24.3 Å². The first-order valence-corrected chi connectivity index (χ1v) is 8.37. The van der Waals surface area contributed by atoms with E-state index in [0.29, 0.717) is 17.4 Å². The van der Waals surface area contributed by atoms with E-state index in [4.69, 9.17) is 4.42 Å². The highest BCUT2D eigenvalue weighted by atomic mass is 19.4. The smallest absolute Gasteiger partial charge is 0.417 e. The van der Waals surface area contributed by atoms with Crippen LogP contribution in [0, 0.1) is 0 Å². The minimum Gasteiger partial charge on any atom is -0.459 e. The lowest BCUT2D eigenvalue weighted by Gasteiger charge is -2.23. The Morgan fingerprint density at radius 2 is 1.70 bits per heavy atom. The summed E-state index contributed by atoms with van der Waals surface area (Å²) in [5, 5.41) is 0.871. The van der Waals surface area contributed by atoms with Crippen LogP contribution in [0.2, 0.25) is 0 Å². The Hall–Kier alpha value is -3.02. The number of para-hydroxylation sites is 1. The Morgan fingerprint density at radius 3 is 2.33 bits per heavy atom. The summed E-state index contributed by atoms with van der Waals surface area (Å²) in [5.74, 6) is -0.243. The van der Waals surface area contributed by atoms with E-state index in [1.165, 1.54) is 36.2 Å². The highest BCUT2D eigenvalue weighted by Crippen LogP contribution is 2.34. The zero-order valence-corrected chi connectivity index (χ0v) is 14.8. The first-order valence-electron chi connectivity index (χ1n) is 8.37. The van der Waals surface area contributed by atoms with Crippen LogP contribution in [-0.4, -0.2) is 24.0 Å². The minimum absolute atomic E-state index is 0.0526. The van der Waals surface area contributed by atoms with E-state index in [-0.39, 0.29) is 5.56 Å². The maximum atomic E-state index is 13.4. The average molecular weight is 373 g/mol. The number of likely N-dealkylation sites (N-methyl/N-ethyl adjacent to an activating group) is 1. The number of halogens is 3. The van der Waals surface area contributed by atoms with Crippen molar-refractivity contribution in [3.63, 3.8) is 0 Å². The Labute approximate surface area is 154 Å². The van der Waals surface area contributed by atoms with Gasteiger partial charge in [0, 0.05) is 18.5 Å². The van der Waals surface area contributed by atoms with Crippen LogP contribution in [-0.2, 0) is 4.79 Å². The highest BCUT2D eigenvalue weighted by molar-refractivity contribution is 5.96. The fraction of sp³-hybridized carbons (Fsp3) is 0.190. The van der Waals surface area contributed by atoms with Gasteiger partial charge in [-0.3, -0.25) is 4.79 Å². The molecule has 0 N–H and O–H groups in total. The van der Waals surface area contributed by atoms with Crippen LogP contribution in [0.5, 0.6) is 0 Å². The van der Waals surface area contributed by atoms with E-state index in [1.54, 1.807) is 25.1 Å². The van der Waals surface area contributed by atoms with Gasteiger partial charge in [-0.2, -0.15) is 13.2 Å². The molecule has 1 unspecified atom stereocenters. The average Bonchev–Trinajstić information content (AvgIpc) is 3.08. The summed E-state index contributed by atoms with van der Waals surface area (Å²) in [5.41, 5.74) is -0.365. The van der Waals surface area contributed by atoms with Gasteiger partial charge >= 0.3 is 6.18 Å². The van der Waals surface area contributed by atoms with Crippen molar-refractivity contribution in [1.29, 1.82) is 0 Å². The third-order valence-corrected chi connectivity index (χ3v) is 4.44. The molecule has 0 radical (unpaired) electrons. The van der Waals surface area contributed by atoms with Crippen LogP contribution in [0.3, 0.4) is 0 Å². The number of allylic oxidation sites excluding steroid dienone is 1. The zero-order chi connectivity index (χ0) is 19.6. The van der Waals surface area contributed by atoms with Gasteiger partial charge in [-0.1, -0.05) is 48.5 Å². The van der Waals surface area contributed by atoms with E-state index in [2.05, 4.69) is 0 Å². The summed E-state index contributed by atoms with van der Waals surface area (Å²) in [4.78, 5) is 13.7. The maximum absolute atomic E-state index is 13.4. The van der Waals surface area contributed by atoms with Crippen molar-refractivity contribution in [2.24, 2.45) is 0 Å². The molecule has 0 aliphatic heterocycles. The van der Waals surface area contributed by atoms with Gasteiger partial charge in [0.15, 0.2) is 0 Å². The molecule has 1 heterocycles. The molecule has 3 nitrogen and oxygen atoms in total. The number of hydrogen-bond donors (Lipinski definition) is 0. The molecular formula is C21H18F3NO2. The Morgan fingerprint density at radius 1 is 1.07 bits per heavy atom. The molecule has 0 bridgehead atoms. The van der Waals surface area contributed by atoms with Crippen molar-refractivity contribution < 1.29 is 22.4 Å². The van der Waals surface area contributed by atoms with Crippen molar-refractivity contribution in [3.8, 4) is 0 Å². The lowest BCUT2D eigenvalue weighted by atomic mass is 10.0. The molecule has 0 fully saturated rings. The number of nitrogens with zero attached hydrogens (tertiary/aromatic N) is 1. The molecule has 6 heteroatoms.